The van der Waals surface area contributed by atoms with E-state index in [1.165, 1.54) is 44.9 Å². The van der Waals surface area contributed by atoms with Gasteiger partial charge in [-0.2, -0.15) is 0 Å². The van der Waals surface area contributed by atoms with Gasteiger partial charge in [-0.05, 0) is 31.4 Å². The number of hydrogen-bond donors (Lipinski definition) is 2. The lowest BCUT2D eigenvalue weighted by molar-refractivity contribution is 0.318. The van der Waals surface area contributed by atoms with E-state index >= 15 is 0 Å². The quantitative estimate of drug-likeness (QED) is 0.670. The Balaban J connectivity index is 0.000000982. The minimum Gasteiger partial charge on any atom is -0.508 e. The van der Waals surface area contributed by atoms with Crippen LogP contribution in [0.5, 0.6) is 5.75 Å². The highest BCUT2D eigenvalue weighted by Crippen LogP contribution is 2.18. The fourth-order valence-electron chi connectivity index (χ4n) is 1.99. The molecular weight excluding hydrogens is 236 g/mol. The Labute approximate surface area is 118 Å². The van der Waals surface area contributed by atoms with Gasteiger partial charge in [0.15, 0.2) is 0 Å². The van der Waals surface area contributed by atoms with Crippen molar-refractivity contribution in [3.05, 3.63) is 29.8 Å². The largest absolute Gasteiger partial charge is 0.508 e. The Bertz CT molecular complexity index is 297. The average molecular weight is 266 g/mol. The van der Waals surface area contributed by atoms with Crippen LogP contribution >= 0.6 is 0 Å². The number of phenolic OH excluding ortho intramolecular Hbond substituents is 1. The van der Waals surface area contributed by atoms with Crippen molar-refractivity contribution in [2.75, 3.05) is 6.61 Å². The number of para-hydroxylation sites is 1. The molecular formula is C17H30O2. The Hall–Kier alpha value is -1.02. The van der Waals surface area contributed by atoms with Gasteiger partial charge in [-0.3, -0.25) is 0 Å². The number of aliphatic hydroxyl groups is 1. The van der Waals surface area contributed by atoms with Gasteiger partial charge in [-0.25, -0.2) is 0 Å². The van der Waals surface area contributed by atoms with Crippen LogP contribution in [0.15, 0.2) is 24.3 Å². The Morgan fingerprint density at radius 2 is 1.37 bits per heavy atom. The van der Waals surface area contributed by atoms with Gasteiger partial charge in [0.25, 0.3) is 0 Å². The number of aromatic hydroxyl groups is 1. The maximum absolute atomic E-state index is 9.58. The molecule has 0 atom stereocenters. The second-order valence-corrected chi connectivity index (χ2v) is 4.82. The molecule has 0 unspecified atom stereocenters. The van der Waals surface area contributed by atoms with Crippen molar-refractivity contribution >= 4 is 0 Å². The molecule has 0 amide bonds. The SMILES string of the molecule is CCCCCCCCCc1ccccc1O.CCO. The minimum absolute atomic E-state index is 0.250. The zero-order valence-electron chi connectivity index (χ0n) is 12.6. The highest BCUT2D eigenvalue weighted by molar-refractivity contribution is 5.31. The van der Waals surface area contributed by atoms with Crippen molar-refractivity contribution in [1.29, 1.82) is 0 Å². The Kier molecular flexibility index (Phi) is 12.7. The normalized spacial score (nSPS) is 9.84. The van der Waals surface area contributed by atoms with Gasteiger partial charge in [0.1, 0.15) is 5.75 Å². The molecule has 19 heavy (non-hydrogen) atoms. The summed E-state index contributed by atoms with van der Waals surface area (Å²) in [5.74, 6) is 0.452. The summed E-state index contributed by atoms with van der Waals surface area (Å²) in [7, 11) is 0. The number of phenols is 1. The van der Waals surface area contributed by atoms with Crippen molar-refractivity contribution in [2.45, 2.75) is 65.2 Å². The van der Waals surface area contributed by atoms with Crippen molar-refractivity contribution in [3.63, 3.8) is 0 Å². The maximum Gasteiger partial charge on any atom is 0.118 e. The van der Waals surface area contributed by atoms with E-state index in [-0.39, 0.29) is 6.61 Å². The smallest absolute Gasteiger partial charge is 0.118 e. The third kappa shape index (κ3) is 10.6. The summed E-state index contributed by atoms with van der Waals surface area (Å²) in [6, 6.07) is 7.67. The first kappa shape index (κ1) is 18.0. The fourth-order valence-corrected chi connectivity index (χ4v) is 1.99. The Morgan fingerprint density at radius 3 is 1.95 bits per heavy atom. The zero-order chi connectivity index (χ0) is 14.3. The van der Waals surface area contributed by atoms with Crippen molar-refractivity contribution in [3.8, 4) is 5.75 Å². The second-order valence-electron chi connectivity index (χ2n) is 4.82. The number of unbranched alkanes of at least 4 members (excludes halogenated alkanes) is 6. The first-order chi connectivity index (χ1) is 9.26. The lowest BCUT2D eigenvalue weighted by Crippen LogP contribution is -1.87. The van der Waals surface area contributed by atoms with Gasteiger partial charge in [0.05, 0.1) is 0 Å². The van der Waals surface area contributed by atoms with Crippen molar-refractivity contribution < 1.29 is 10.2 Å². The molecule has 1 aromatic carbocycles. The molecule has 0 fully saturated rings. The molecule has 0 saturated heterocycles. The summed E-state index contributed by atoms with van der Waals surface area (Å²) in [6.45, 7) is 4.18. The van der Waals surface area contributed by atoms with E-state index in [0.717, 1.165) is 12.0 Å². The predicted molar refractivity (Wildman–Crippen MR) is 82.6 cm³/mol. The van der Waals surface area contributed by atoms with Gasteiger partial charge in [-0.1, -0.05) is 63.6 Å². The molecule has 0 bridgehead atoms. The zero-order valence-corrected chi connectivity index (χ0v) is 12.6. The fraction of sp³-hybridized carbons (Fsp3) is 0.647. The van der Waals surface area contributed by atoms with Crippen LogP contribution in [0.25, 0.3) is 0 Å². The van der Waals surface area contributed by atoms with Crippen LogP contribution in [0.2, 0.25) is 0 Å². The maximum atomic E-state index is 9.58. The lowest BCUT2D eigenvalue weighted by atomic mass is 10.0. The molecule has 0 spiro atoms. The average Bonchev–Trinajstić information content (AvgIpc) is 2.41. The van der Waals surface area contributed by atoms with Crippen LogP contribution in [0.1, 0.15) is 64.4 Å². The van der Waals surface area contributed by atoms with E-state index in [9.17, 15) is 5.11 Å². The molecule has 2 heteroatoms. The van der Waals surface area contributed by atoms with Gasteiger partial charge < -0.3 is 10.2 Å². The first-order valence-corrected chi connectivity index (χ1v) is 7.63. The predicted octanol–water partition coefficient (Wildman–Crippen LogP) is 4.68. The summed E-state index contributed by atoms with van der Waals surface area (Å²) in [4.78, 5) is 0. The molecule has 0 aromatic heterocycles. The third-order valence-electron chi connectivity index (χ3n) is 3.04. The van der Waals surface area contributed by atoms with E-state index in [0.29, 0.717) is 5.75 Å². The summed E-state index contributed by atoms with van der Waals surface area (Å²) < 4.78 is 0. The van der Waals surface area contributed by atoms with E-state index in [2.05, 4.69) is 6.92 Å². The highest BCUT2D eigenvalue weighted by atomic mass is 16.3. The molecule has 1 aromatic rings. The van der Waals surface area contributed by atoms with E-state index in [1.807, 2.05) is 18.2 Å². The molecule has 2 nitrogen and oxygen atoms in total. The lowest BCUT2D eigenvalue weighted by Gasteiger charge is -2.04. The van der Waals surface area contributed by atoms with Gasteiger partial charge >= 0.3 is 0 Å². The monoisotopic (exact) mass is 266 g/mol. The summed E-state index contributed by atoms with van der Waals surface area (Å²) in [5, 5.41) is 17.2. The van der Waals surface area contributed by atoms with E-state index in [1.54, 1.807) is 13.0 Å². The molecule has 110 valence electrons. The van der Waals surface area contributed by atoms with E-state index < -0.39 is 0 Å². The standard InChI is InChI=1S/C15H24O.C2H6O/c1-2-3-4-5-6-7-8-11-14-12-9-10-13-15(14)16;1-2-3/h9-10,12-13,16H,2-8,11H2,1H3;3H,2H2,1H3. The summed E-state index contributed by atoms with van der Waals surface area (Å²) in [6.07, 6.45) is 10.3. The number of aryl methyl sites for hydroxylation is 1. The molecule has 0 radical (unpaired) electrons. The van der Waals surface area contributed by atoms with E-state index in [4.69, 9.17) is 5.11 Å². The number of rotatable bonds is 8. The number of benzene rings is 1. The summed E-state index contributed by atoms with van der Waals surface area (Å²) in [5.41, 5.74) is 1.09. The van der Waals surface area contributed by atoms with Crippen LogP contribution in [-0.2, 0) is 6.42 Å². The van der Waals surface area contributed by atoms with Crippen LogP contribution in [-0.4, -0.2) is 16.8 Å². The molecule has 1 rings (SSSR count). The number of hydrogen-bond acceptors (Lipinski definition) is 2. The summed E-state index contributed by atoms with van der Waals surface area (Å²) >= 11 is 0. The molecule has 0 aliphatic rings. The number of aliphatic hydroxyl groups excluding tert-OH is 1. The molecule has 0 aliphatic heterocycles. The van der Waals surface area contributed by atoms with Crippen LogP contribution in [0.3, 0.4) is 0 Å². The Morgan fingerprint density at radius 1 is 0.842 bits per heavy atom. The molecule has 0 heterocycles. The molecule has 0 saturated carbocycles. The molecule has 0 aliphatic carbocycles. The third-order valence-corrected chi connectivity index (χ3v) is 3.04. The van der Waals surface area contributed by atoms with Gasteiger partial charge in [-0.15, -0.1) is 0 Å². The topological polar surface area (TPSA) is 40.5 Å². The van der Waals surface area contributed by atoms with Crippen LogP contribution < -0.4 is 0 Å². The van der Waals surface area contributed by atoms with Crippen molar-refractivity contribution in [1.82, 2.24) is 0 Å². The second kappa shape index (κ2) is 13.4. The minimum atomic E-state index is 0.250. The van der Waals surface area contributed by atoms with Crippen LogP contribution in [0, 0.1) is 0 Å². The van der Waals surface area contributed by atoms with Gasteiger partial charge in [0.2, 0.25) is 0 Å². The van der Waals surface area contributed by atoms with Crippen LogP contribution in [0.4, 0.5) is 0 Å². The highest BCUT2D eigenvalue weighted by Gasteiger charge is 1.98. The van der Waals surface area contributed by atoms with Crippen molar-refractivity contribution in [2.24, 2.45) is 0 Å². The van der Waals surface area contributed by atoms with Gasteiger partial charge in [0, 0.05) is 6.61 Å². The molecule has 2 N–H and O–H groups in total. The first-order valence-electron chi connectivity index (χ1n) is 7.63.